The molecule has 0 spiro atoms. The minimum Gasteiger partial charge on any atom is -0.502 e. The van der Waals surface area contributed by atoms with Crippen molar-refractivity contribution in [3.05, 3.63) is 33.2 Å². The second-order valence-electron chi connectivity index (χ2n) is 2.49. The highest BCUT2D eigenvalue weighted by Gasteiger charge is 2.12. The standard InChI is InChI=1S/C9H7ClO4S/c1-14-9(13)6(12)4-5(11)7-2-3-8(10)15-7/h2-4,12H,1H3. The third-order valence-corrected chi connectivity index (χ3v) is 2.72. The number of hydrogen-bond acceptors (Lipinski definition) is 5. The number of carbonyl (C=O) groups excluding carboxylic acids is 2. The average Bonchev–Trinajstić information content (AvgIpc) is 2.63. The second-order valence-corrected chi connectivity index (χ2v) is 4.20. The largest absolute Gasteiger partial charge is 0.502 e. The molecular weight excluding hydrogens is 240 g/mol. The minimum absolute atomic E-state index is 0.343. The number of esters is 1. The van der Waals surface area contributed by atoms with Crippen LogP contribution in [0.1, 0.15) is 9.67 Å². The Balaban J connectivity index is 2.83. The zero-order valence-corrected chi connectivity index (χ0v) is 9.26. The van der Waals surface area contributed by atoms with Gasteiger partial charge >= 0.3 is 5.97 Å². The normalized spacial score (nSPS) is 11.2. The molecule has 1 heterocycles. The van der Waals surface area contributed by atoms with Crippen molar-refractivity contribution in [1.82, 2.24) is 0 Å². The first-order chi connectivity index (χ1) is 7.04. The van der Waals surface area contributed by atoms with Gasteiger partial charge in [0.25, 0.3) is 0 Å². The first-order valence-electron chi connectivity index (χ1n) is 3.83. The molecule has 0 aliphatic rings. The number of rotatable bonds is 3. The fraction of sp³-hybridized carbons (Fsp3) is 0.111. The summed E-state index contributed by atoms with van der Waals surface area (Å²) < 4.78 is 4.68. The zero-order chi connectivity index (χ0) is 11.4. The number of aliphatic hydroxyl groups excluding tert-OH is 1. The van der Waals surface area contributed by atoms with Crippen LogP contribution in [-0.4, -0.2) is 24.0 Å². The van der Waals surface area contributed by atoms with Crippen LogP contribution in [0.4, 0.5) is 0 Å². The summed E-state index contributed by atoms with van der Waals surface area (Å²) in [4.78, 5) is 22.5. The lowest BCUT2D eigenvalue weighted by Crippen LogP contribution is -2.06. The van der Waals surface area contributed by atoms with Gasteiger partial charge in [-0.2, -0.15) is 0 Å². The molecule has 0 aliphatic heterocycles. The van der Waals surface area contributed by atoms with Gasteiger partial charge in [0.05, 0.1) is 16.3 Å². The van der Waals surface area contributed by atoms with E-state index in [0.29, 0.717) is 9.21 Å². The molecule has 0 atom stereocenters. The van der Waals surface area contributed by atoms with E-state index in [2.05, 4.69) is 4.74 Å². The predicted molar refractivity (Wildman–Crippen MR) is 56.4 cm³/mol. The van der Waals surface area contributed by atoms with Crippen molar-refractivity contribution in [1.29, 1.82) is 0 Å². The summed E-state index contributed by atoms with van der Waals surface area (Å²) >= 11 is 6.69. The molecule has 1 aromatic heterocycles. The molecule has 1 rings (SSSR count). The molecule has 0 amide bonds. The maximum absolute atomic E-state index is 11.4. The number of ether oxygens (including phenoxy) is 1. The van der Waals surface area contributed by atoms with Gasteiger partial charge in [-0.1, -0.05) is 11.6 Å². The molecule has 6 heteroatoms. The number of hydrogen-bond donors (Lipinski definition) is 1. The summed E-state index contributed by atoms with van der Waals surface area (Å²) in [7, 11) is 1.11. The molecular formula is C9H7ClO4S. The lowest BCUT2D eigenvalue weighted by molar-refractivity contribution is -0.139. The Morgan fingerprint density at radius 2 is 2.20 bits per heavy atom. The van der Waals surface area contributed by atoms with Crippen LogP contribution in [0.15, 0.2) is 24.0 Å². The average molecular weight is 247 g/mol. The Morgan fingerprint density at radius 1 is 1.53 bits per heavy atom. The number of halogens is 1. The van der Waals surface area contributed by atoms with Gasteiger partial charge in [0.15, 0.2) is 5.78 Å². The van der Waals surface area contributed by atoms with Crippen LogP contribution >= 0.6 is 22.9 Å². The van der Waals surface area contributed by atoms with Gasteiger partial charge in [-0.25, -0.2) is 4.79 Å². The van der Waals surface area contributed by atoms with Gasteiger partial charge in [-0.05, 0) is 12.1 Å². The lowest BCUT2D eigenvalue weighted by atomic mass is 10.3. The van der Waals surface area contributed by atoms with Gasteiger partial charge < -0.3 is 9.84 Å². The van der Waals surface area contributed by atoms with Crippen molar-refractivity contribution in [2.75, 3.05) is 7.11 Å². The molecule has 4 nitrogen and oxygen atoms in total. The van der Waals surface area contributed by atoms with Gasteiger partial charge in [0.2, 0.25) is 5.76 Å². The molecule has 0 aliphatic carbocycles. The molecule has 0 saturated heterocycles. The van der Waals surface area contributed by atoms with Crippen LogP contribution in [-0.2, 0) is 9.53 Å². The summed E-state index contributed by atoms with van der Waals surface area (Å²) in [6, 6.07) is 3.07. The Kier molecular flexibility index (Phi) is 3.88. The number of allylic oxidation sites excluding steroid dienone is 1. The number of thiophene rings is 1. The first kappa shape index (κ1) is 11.7. The molecule has 0 unspecified atom stereocenters. The van der Waals surface area contributed by atoms with Crippen molar-refractivity contribution in [2.24, 2.45) is 0 Å². The number of carbonyl (C=O) groups is 2. The zero-order valence-electron chi connectivity index (χ0n) is 7.69. The summed E-state index contributed by atoms with van der Waals surface area (Å²) in [5.74, 6) is -2.17. The summed E-state index contributed by atoms with van der Waals surface area (Å²) in [5.41, 5.74) is 0. The van der Waals surface area contributed by atoms with E-state index in [-0.39, 0.29) is 0 Å². The van der Waals surface area contributed by atoms with Gasteiger partial charge in [0.1, 0.15) is 0 Å². The highest BCUT2D eigenvalue weighted by Crippen LogP contribution is 2.22. The van der Waals surface area contributed by atoms with Crippen molar-refractivity contribution in [2.45, 2.75) is 0 Å². The maximum Gasteiger partial charge on any atom is 0.373 e. The van der Waals surface area contributed by atoms with E-state index < -0.39 is 17.5 Å². The first-order valence-corrected chi connectivity index (χ1v) is 5.02. The van der Waals surface area contributed by atoms with Crippen molar-refractivity contribution in [3.63, 3.8) is 0 Å². The maximum atomic E-state index is 11.4. The second kappa shape index (κ2) is 4.95. The molecule has 1 N–H and O–H groups in total. The van der Waals surface area contributed by atoms with Crippen molar-refractivity contribution >= 4 is 34.7 Å². The molecule has 15 heavy (non-hydrogen) atoms. The van der Waals surface area contributed by atoms with Crippen LogP contribution in [0.3, 0.4) is 0 Å². The fourth-order valence-corrected chi connectivity index (χ4v) is 1.76. The van der Waals surface area contributed by atoms with E-state index in [1.54, 1.807) is 6.07 Å². The van der Waals surface area contributed by atoms with Crippen LogP contribution in [0.5, 0.6) is 0 Å². The smallest absolute Gasteiger partial charge is 0.373 e. The summed E-state index contributed by atoms with van der Waals surface area (Å²) in [6.45, 7) is 0. The molecule has 0 saturated carbocycles. The number of ketones is 1. The topological polar surface area (TPSA) is 63.6 Å². The molecule has 0 aromatic carbocycles. The van der Waals surface area contributed by atoms with E-state index in [4.69, 9.17) is 16.7 Å². The van der Waals surface area contributed by atoms with E-state index in [9.17, 15) is 9.59 Å². The van der Waals surface area contributed by atoms with Crippen molar-refractivity contribution in [3.8, 4) is 0 Å². The fourth-order valence-electron chi connectivity index (χ4n) is 0.806. The van der Waals surface area contributed by atoms with E-state index in [1.807, 2.05) is 0 Å². The quantitative estimate of drug-likeness (QED) is 0.384. The highest BCUT2D eigenvalue weighted by atomic mass is 35.5. The SMILES string of the molecule is COC(=O)C(O)=CC(=O)c1ccc(Cl)s1. The van der Waals surface area contributed by atoms with E-state index in [1.165, 1.54) is 6.07 Å². The summed E-state index contributed by atoms with van der Waals surface area (Å²) in [5, 5.41) is 9.09. The predicted octanol–water partition coefficient (Wildman–Crippen LogP) is 2.20. The Bertz CT molecular complexity index is 422. The number of aliphatic hydroxyl groups is 1. The Labute approximate surface area is 94.7 Å². The minimum atomic E-state index is -0.953. The van der Waals surface area contributed by atoms with Crippen LogP contribution in [0.2, 0.25) is 4.34 Å². The Hall–Kier alpha value is -1.33. The lowest BCUT2D eigenvalue weighted by Gasteiger charge is -1.95. The van der Waals surface area contributed by atoms with Gasteiger partial charge in [-0.15, -0.1) is 11.3 Å². The monoisotopic (exact) mass is 246 g/mol. The highest BCUT2D eigenvalue weighted by molar-refractivity contribution is 7.18. The molecule has 0 radical (unpaired) electrons. The van der Waals surface area contributed by atoms with Crippen LogP contribution in [0, 0.1) is 0 Å². The van der Waals surface area contributed by atoms with Crippen LogP contribution < -0.4 is 0 Å². The third kappa shape index (κ3) is 3.07. The van der Waals surface area contributed by atoms with Gasteiger partial charge in [0, 0.05) is 6.08 Å². The van der Waals surface area contributed by atoms with E-state index in [0.717, 1.165) is 24.5 Å². The Morgan fingerprint density at radius 3 is 2.67 bits per heavy atom. The van der Waals surface area contributed by atoms with E-state index >= 15 is 0 Å². The summed E-state index contributed by atoms with van der Waals surface area (Å²) in [6.07, 6.45) is 0.800. The van der Waals surface area contributed by atoms with Crippen molar-refractivity contribution < 1.29 is 19.4 Å². The van der Waals surface area contributed by atoms with Crippen LogP contribution in [0.25, 0.3) is 0 Å². The van der Waals surface area contributed by atoms with Gasteiger partial charge in [-0.3, -0.25) is 4.79 Å². The molecule has 0 fully saturated rings. The molecule has 1 aromatic rings. The third-order valence-electron chi connectivity index (χ3n) is 1.48. The number of methoxy groups -OCH3 is 1. The molecule has 0 bridgehead atoms. The molecule has 80 valence electrons.